The smallest absolute Gasteiger partial charge is 0.228 e. The van der Waals surface area contributed by atoms with Crippen LogP contribution in [0, 0.1) is 5.92 Å². The molecule has 1 amide bonds. The van der Waals surface area contributed by atoms with Crippen molar-refractivity contribution < 1.29 is 4.79 Å². The number of rotatable bonds is 5. The third-order valence-corrected chi connectivity index (χ3v) is 4.82. The lowest BCUT2D eigenvalue weighted by Gasteiger charge is -2.12. The van der Waals surface area contributed by atoms with Gasteiger partial charge < -0.3 is 10.6 Å². The third-order valence-electron chi connectivity index (χ3n) is 4.82. The molecule has 0 saturated heterocycles. The van der Waals surface area contributed by atoms with Crippen LogP contribution >= 0.6 is 0 Å². The molecule has 1 fully saturated rings. The van der Waals surface area contributed by atoms with Gasteiger partial charge in [0.2, 0.25) is 5.91 Å². The van der Waals surface area contributed by atoms with Crippen LogP contribution in [0.4, 0.5) is 11.6 Å². The van der Waals surface area contributed by atoms with Gasteiger partial charge in [0.15, 0.2) is 0 Å². The third kappa shape index (κ3) is 3.67. The van der Waals surface area contributed by atoms with Crippen molar-refractivity contribution in [2.45, 2.75) is 19.8 Å². The minimum absolute atomic E-state index is 0.0582. The molecule has 0 bridgehead atoms. The van der Waals surface area contributed by atoms with Crippen LogP contribution in [0.25, 0.3) is 22.4 Å². The Hall–Kier alpha value is -3.21. The highest BCUT2D eigenvalue weighted by Crippen LogP contribution is 2.33. The minimum atomic E-state index is 0.0582. The van der Waals surface area contributed by atoms with Crippen LogP contribution in [0.3, 0.4) is 0 Å². The van der Waals surface area contributed by atoms with Gasteiger partial charge in [0.25, 0.3) is 0 Å². The molecule has 5 heteroatoms. The second-order valence-corrected chi connectivity index (χ2v) is 6.89. The Labute approximate surface area is 158 Å². The summed E-state index contributed by atoms with van der Waals surface area (Å²) in [6, 6.07) is 12.1. The number of fused-ring (bicyclic) bond motifs is 1. The summed E-state index contributed by atoms with van der Waals surface area (Å²) in [5.74, 6) is 1.56. The molecule has 27 heavy (non-hydrogen) atoms. The van der Waals surface area contributed by atoms with E-state index in [1.54, 1.807) is 6.20 Å². The fraction of sp³-hybridized carbons (Fsp3) is 0.227. The average molecular weight is 358 g/mol. The fourth-order valence-corrected chi connectivity index (χ4v) is 3.17. The number of anilines is 2. The molecule has 0 atom stereocenters. The molecule has 5 nitrogen and oxygen atoms in total. The fourth-order valence-electron chi connectivity index (χ4n) is 3.17. The normalized spacial score (nSPS) is 14.2. The van der Waals surface area contributed by atoms with Gasteiger partial charge in [-0.1, -0.05) is 36.4 Å². The van der Waals surface area contributed by atoms with Gasteiger partial charge in [-0.15, -0.1) is 0 Å². The van der Waals surface area contributed by atoms with Gasteiger partial charge in [-0.2, -0.15) is 0 Å². The molecule has 3 aromatic rings. The number of pyridine rings is 2. The van der Waals surface area contributed by atoms with E-state index in [0.717, 1.165) is 46.1 Å². The van der Waals surface area contributed by atoms with E-state index in [1.807, 2.05) is 37.5 Å². The maximum Gasteiger partial charge on any atom is 0.228 e. The first-order chi connectivity index (χ1) is 13.2. The van der Waals surface area contributed by atoms with Crippen LogP contribution < -0.4 is 10.6 Å². The lowest BCUT2D eigenvalue weighted by atomic mass is 10.0. The molecule has 0 radical (unpaired) electrons. The zero-order valence-corrected chi connectivity index (χ0v) is 15.5. The van der Waals surface area contributed by atoms with Crippen molar-refractivity contribution >= 4 is 40.0 Å². The second kappa shape index (κ2) is 7.19. The SMILES string of the molecule is CNc1ncc(C(C)=Cc2ccccc2)c2cc(NC(=O)C3CC3)ncc12. The number of allylic oxidation sites excluding steroid dienone is 1. The highest BCUT2D eigenvalue weighted by molar-refractivity contribution is 6.03. The van der Waals surface area contributed by atoms with E-state index in [4.69, 9.17) is 0 Å². The Balaban J connectivity index is 1.78. The number of benzene rings is 1. The van der Waals surface area contributed by atoms with Crippen LogP contribution in [0.2, 0.25) is 0 Å². The molecule has 1 aliphatic carbocycles. The van der Waals surface area contributed by atoms with E-state index in [-0.39, 0.29) is 11.8 Å². The van der Waals surface area contributed by atoms with Crippen LogP contribution in [0.5, 0.6) is 0 Å². The zero-order valence-electron chi connectivity index (χ0n) is 15.5. The summed E-state index contributed by atoms with van der Waals surface area (Å²) in [6.07, 6.45) is 7.72. The van der Waals surface area contributed by atoms with Crippen LogP contribution in [0.1, 0.15) is 30.9 Å². The van der Waals surface area contributed by atoms with E-state index in [1.165, 1.54) is 0 Å². The molecule has 4 rings (SSSR count). The minimum Gasteiger partial charge on any atom is -0.373 e. The number of aromatic nitrogens is 2. The first-order valence-corrected chi connectivity index (χ1v) is 9.17. The first kappa shape index (κ1) is 17.2. The lowest BCUT2D eigenvalue weighted by Crippen LogP contribution is -2.14. The van der Waals surface area contributed by atoms with Crippen LogP contribution in [-0.2, 0) is 4.79 Å². The Kier molecular flexibility index (Phi) is 4.59. The molecule has 2 aromatic heterocycles. The highest BCUT2D eigenvalue weighted by Gasteiger charge is 2.29. The van der Waals surface area contributed by atoms with Crippen molar-refractivity contribution in [3.63, 3.8) is 0 Å². The zero-order chi connectivity index (χ0) is 18.8. The Morgan fingerprint density at radius 3 is 2.59 bits per heavy atom. The average Bonchev–Trinajstić information content (AvgIpc) is 3.53. The summed E-state index contributed by atoms with van der Waals surface area (Å²) < 4.78 is 0. The maximum atomic E-state index is 12.1. The molecule has 2 heterocycles. The largest absolute Gasteiger partial charge is 0.373 e. The summed E-state index contributed by atoms with van der Waals surface area (Å²) in [5, 5.41) is 8.00. The predicted molar refractivity (Wildman–Crippen MR) is 110 cm³/mol. The van der Waals surface area contributed by atoms with E-state index in [2.05, 4.69) is 45.7 Å². The molecule has 1 aromatic carbocycles. The van der Waals surface area contributed by atoms with Crippen molar-refractivity contribution in [1.29, 1.82) is 0 Å². The number of hydrogen-bond donors (Lipinski definition) is 2. The van der Waals surface area contributed by atoms with Gasteiger partial charge in [-0.05, 0) is 42.4 Å². The predicted octanol–water partition coefficient (Wildman–Crippen LogP) is 4.58. The number of hydrogen-bond acceptors (Lipinski definition) is 4. The second-order valence-electron chi connectivity index (χ2n) is 6.89. The van der Waals surface area contributed by atoms with Crippen molar-refractivity contribution in [1.82, 2.24) is 9.97 Å². The number of carbonyl (C=O) groups excluding carboxylic acids is 1. The number of nitrogens with one attached hydrogen (secondary N) is 2. The monoisotopic (exact) mass is 358 g/mol. The molecule has 0 unspecified atom stereocenters. The Morgan fingerprint density at radius 1 is 1.11 bits per heavy atom. The van der Waals surface area contributed by atoms with Gasteiger partial charge in [-0.3, -0.25) is 4.79 Å². The molecular formula is C22H22N4O. The Morgan fingerprint density at radius 2 is 1.89 bits per heavy atom. The summed E-state index contributed by atoms with van der Waals surface area (Å²) in [5.41, 5.74) is 3.27. The van der Waals surface area contributed by atoms with E-state index in [0.29, 0.717) is 5.82 Å². The number of nitrogens with zero attached hydrogens (tertiary/aromatic N) is 2. The van der Waals surface area contributed by atoms with Crippen molar-refractivity contribution in [3.05, 3.63) is 59.9 Å². The number of amides is 1. The highest BCUT2D eigenvalue weighted by atomic mass is 16.2. The van der Waals surface area contributed by atoms with Crippen LogP contribution in [0.15, 0.2) is 48.8 Å². The Bertz CT molecular complexity index is 1020. The van der Waals surface area contributed by atoms with Crippen molar-refractivity contribution in [2.75, 3.05) is 17.7 Å². The topological polar surface area (TPSA) is 66.9 Å². The summed E-state index contributed by atoms with van der Waals surface area (Å²) in [6.45, 7) is 2.07. The molecular weight excluding hydrogens is 336 g/mol. The summed E-state index contributed by atoms with van der Waals surface area (Å²) >= 11 is 0. The molecule has 0 spiro atoms. The van der Waals surface area contributed by atoms with Crippen LogP contribution in [-0.4, -0.2) is 22.9 Å². The van der Waals surface area contributed by atoms with Gasteiger partial charge in [-0.25, -0.2) is 9.97 Å². The lowest BCUT2D eigenvalue weighted by molar-refractivity contribution is -0.117. The summed E-state index contributed by atoms with van der Waals surface area (Å²) in [7, 11) is 1.84. The molecule has 1 aliphatic rings. The maximum absolute atomic E-state index is 12.1. The summed E-state index contributed by atoms with van der Waals surface area (Å²) in [4.78, 5) is 21.1. The first-order valence-electron chi connectivity index (χ1n) is 9.17. The molecule has 0 aliphatic heterocycles. The number of carbonyl (C=O) groups is 1. The van der Waals surface area contributed by atoms with Gasteiger partial charge in [0, 0.05) is 36.3 Å². The van der Waals surface area contributed by atoms with Gasteiger partial charge >= 0.3 is 0 Å². The van der Waals surface area contributed by atoms with E-state index >= 15 is 0 Å². The van der Waals surface area contributed by atoms with E-state index in [9.17, 15) is 4.79 Å². The van der Waals surface area contributed by atoms with Gasteiger partial charge in [0.05, 0.1) is 0 Å². The van der Waals surface area contributed by atoms with Crippen molar-refractivity contribution in [2.24, 2.45) is 5.92 Å². The molecule has 2 N–H and O–H groups in total. The quantitative estimate of drug-likeness (QED) is 0.700. The standard InChI is InChI=1S/C22H22N4O/c1-14(10-15-6-4-3-5-7-15)18-12-25-21(23-2)19-13-24-20(11-17(18)19)26-22(27)16-8-9-16/h3-7,10-13,16H,8-9H2,1-2H3,(H,23,25)(H,24,26,27). The van der Waals surface area contributed by atoms with Crippen molar-refractivity contribution in [3.8, 4) is 0 Å². The molecule has 1 saturated carbocycles. The van der Waals surface area contributed by atoms with Gasteiger partial charge in [0.1, 0.15) is 11.6 Å². The van der Waals surface area contributed by atoms with E-state index < -0.39 is 0 Å². The molecule has 136 valence electrons.